The van der Waals surface area contributed by atoms with E-state index in [1.807, 2.05) is 6.92 Å². The predicted molar refractivity (Wildman–Crippen MR) is 73.5 cm³/mol. The first kappa shape index (κ1) is 16.9. The summed E-state index contributed by atoms with van der Waals surface area (Å²) < 4.78 is 11.9. The maximum atomic E-state index is 6.04. The average molecular weight is 245 g/mol. The summed E-state index contributed by atoms with van der Waals surface area (Å²) in [7, 11) is 0. The van der Waals surface area contributed by atoms with Crippen LogP contribution >= 0.6 is 0 Å². The molecule has 0 heterocycles. The molecule has 0 bridgehead atoms. The number of rotatable bonds is 9. The third kappa shape index (κ3) is 6.39. The van der Waals surface area contributed by atoms with Crippen molar-refractivity contribution >= 4 is 0 Å². The summed E-state index contributed by atoms with van der Waals surface area (Å²) in [6.07, 6.45) is 0.345. The Morgan fingerprint density at radius 1 is 1.06 bits per heavy atom. The Kier molecular flexibility index (Phi) is 8.01. The Balaban J connectivity index is 4.61. The SMILES string of the molecule is CCOC(C)(C)C(CN(CC)CC)OC(C)C. The van der Waals surface area contributed by atoms with E-state index in [0.717, 1.165) is 26.2 Å². The molecule has 0 spiro atoms. The first-order valence-corrected chi connectivity index (χ1v) is 6.89. The van der Waals surface area contributed by atoms with Gasteiger partial charge in [-0.15, -0.1) is 0 Å². The van der Waals surface area contributed by atoms with E-state index in [1.54, 1.807) is 0 Å². The molecule has 0 fully saturated rings. The van der Waals surface area contributed by atoms with Crippen molar-refractivity contribution < 1.29 is 9.47 Å². The minimum Gasteiger partial charge on any atom is -0.373 e. The van der Waals surface area contributed by atoms with Crippen molar-refractivity contribution in [3.05, 3.63) is 0 Å². The van der Waals surface area contributed by atoms with Crippen molar-refractivity contribution in [2.24, 2.45) is 0 Å². The lowest BCUT2D eigenvalue weighted by molar-refractivity contribution is -0.146. The fourth-order valence-corrected chi connectivity index (χ4v) is 1.94. The molecule has 0 aliphatic heterocycles. The first-order chi connectivity index (χ1) is 7.87. The molecule has 0 rings (SSSR count). The van der Waals surface area contributed by atoms with Gasteiger partial charge in [0.1, 0.15) is 0 Å². The third-order valence-corrected chi connectivity index (χ3v) is 3.05. The highest BCUT2D eigenvalue weighted by atomic mass is 16.6. The Labute approximate surface area is 107 Å². The Bertz CT molecular complexity index is 189. The predicted octanol–water partition coefficient (Wildman–Crippen LogP) is 2.94. The summed E-state index contributed by atoms with van der Waals surface area (Å²) in [5.41, 5.74) is -0.235. The number of likely N-dealkylation sites (N-methyl/N-ethyl adjacent to an activating group) is 1. The van der Waals surface area contributed by atoms with E-state index in [0.29, 0.717) is 0 Å². The summed E-state index contributed by atoms with van der Waals surface area (Å²) in [5, 5.41) is 0. The van der Waals surface area contributed by atoms with Gasteiger partial charge in [-0.1, -0.05) is 13.8 Å². The van der Waals surface area contributed by atoms with Crippen molar-refractivity contribution in [1.29, 1.82) is 0 Å². The van der Waals surface area contributed by atoms with Crippen molar-refractivity contribution in [3.8, 4) is 0 Å². The van der Waals surface area contributed by atoms with Gasteiger partial charge in [-0.2, -0.15) is 0 Å². The van der Waals surface area contributed by atoms with Crippen LogP contribution in [0, 0.1) is 0 Å². The van der Waals surface area contributed by atoms with Gasteiger partial charge in [0, 0.05) is 13.2 Å². The lowest BCUT2D eigenvalue weighted by Crippen LogP contribution is -2.49. The van der Waals surface area contributed by atoms with Crippen LogP contribution < -0.4 is 0 Å². The second-order valence-corrected chi connectivity index (χ2v) is 5.20. The monoisotopic (exact) mass is 245 g/mol. The molecule has 1 atom stereocenters. The van der Waals surface area contributed by atoms with Crippen LogP contribution in [0.25, 0.3) is 0 Å². The van der Waals surface area contributed by atoms with Gasteiger partial charge >= 0.3 is 0 Å². The van der Waals surface area contributed by atoms with Crippen molar-refractivity contribution in [2.45, 2.75) is 66.3 Å². The molecule has 104 valence electrons. The molecule has 3 heteroatoms. The molecule has 0 amide bonds. The standard InChI is InChI=1S/C14H31NO2/c1-8-15(9-2)11-13(17-12(4)5)14(6,7)16-10-3/h12-13H,8-11H2,1-7H3. The van der Waals surface area contributed by atoms with Gasteiger partial charge in [0.05, 0.1) is 17.8 Å². The lowest BCUT2D eigenvalue weighted by Gasteiger charge is -2.38. The second kappa shape index (κ2) is 8.06. The van der Waals surface area contributed by atoms with Gasteiger partial charge < -0.3 is 14.4 Å². The van der Waals surface area contributed by atoms with Crippen LogP contribution in [0.3, 0.4) is 0 Å². The molecule has 0 saturated carbocycles. The quantitative estimate of drug-likeness (QED) is 0.623. The topological polar surface area (TPSA) is 21.7 Å². The summed E-state index contributed by atoms with van der Waals surface area (Å²) in [6.45, 7) is 18.6. The Hall–Kier alpha value is -0.120. The van der Waals surface area contributed by atoms with E-state index in [2.05, 4.69) is 46.4 Å². The maximum absolute atomic E-state index is 6.04. The number of nitrogens with zero attached hydrogens (tertiary/aromatic N) is 1. The van der Waals surface area contributed by atoms with E-state index in [9.17, 15) is 0 Å². The normalized spacial score (nSPS) is 14.6. The molecule has 0 aromatic carbocycles. The van der Waals surface area contributed by atoms with E-state index >= 15 is 0 Å². The van der Waals surface area contributed by atoms with E-state index in [1.165, 1.54) is 0 Å². The smallest absolute Gasteiger partial charge is 0.0989 e. The Morgan fingerprint density at radius 3 is 1.94 bits per heavy atom. The summed E-state index contributed by atoms with van der Waals surface area (Å²) >= 11 is 0. The van der Waals surface area contributed by atoms with E-state index < -0.39 is 0 Å². The molecular formula is C14H31NO2. The van der Waals surface area contributed by atoms with Gasteiger partial charge in [-0.05, 0) is 47.7 Å². The second-order valence-electron chi connectivity index (χ2n) is 5.20. The summed E-state index contributed by atoms with van der Waals surface area (Å²) in [6, 6.07) is 0. The molecule has 0 aromatic heterocycles. The molecule has 0 aromatic rings. The molecule has 0 aliphatic rings. The van der Waals surface area contributed by atoms with Gasteiger partial charge in [-0.25, -0.2) is 0 Å². The molecule has 0 radical (unpaired) electrons. The maximum Gasteiger partial charge on any atom is 0.0989 e. The molecule has 3 nitrogen and oxygen atoms in total. The van der Waals surface area contributed by atoms with Crippen LogP contribution in [0.15, 0.2) is 0 Å². The van der Waals surface area contributed by atoms with Crippen LogP contribution in [-0.2, 0) is 9.47 Å². The van der Waals surface area contributed by atoms with Gasteiger partial charge in [0.15, 0.2) is 0 Å². The van der Waals surface area contributed by atoms with Crippen molar-refractivity contribution in [1.82, 2.24) is 4.90 Å². The molecule has 0 N–H and O–H groups in total. The zero-order valence-electron chi connectivity index (χ0n) is 12.7. The van der Waals surface area contributed by atoms with Gasteiger partial charge in [0.25, 0.3) is 0 Å². The largest absolute Gasteiger partial charge is 0.373 e. The zero-order chi connectivity index (χ0) is 13.5. The summed E-state index contributed by atoms with van der Waals surface area (Å²) in [5.74, 6) is 0. The molecule has 0 aliphatic carbocycles. The highest BCUT2D eigenvalue weighted by Gasteiger charge is 2.32. The highest BCUT2D eigenvalue weighted by Crippen LogP contribution is 2.20. The molecule has 17 heavy (non-hydrogen) atoms. The van der Waals surface area contributed by atoms with Crippen LogP contribution in [0.2, 0.25) is 0 Å². The molecule has 0 saturated heterocycles. The van der Waals surface area contributed by atoms with E-state index in [-0.39, 0.29) is 17.8 Å². The minimum absolute atomic E-state index is 0.113. The number of hydrogen-bond acceptors (Lipinski definition) is 3. The molecule has 1 unspecified atom stereocenters. The average Bonchev–Trinajstić information content (AvgIpc) is 2.23. The van der Waals surface area contributed by atoms with Gasteiger partial charge in [-0.3, -0.25) is 0 Å². The van der Waals surface area contributed by atoms with E-state index in [4.69, 9.17) is 9.47 Å². The first-order valence-electron chi connectivity index (χ1n) is 6.89. The van der Waals surface area contributed by atoms with Crippen LogP contribution in [0.1, 0.15) is 48.5 Å². The molecular weight excluding hydrogens is 214 g/mol. The lowest BCUT2D eigenvalue weighted by atomic mass is 10.00. The number of ether oxygens (including phenoxy) is 2. The Morgan fingerprint density at radius 2 is 1.59 bits per heavy atom. The summed E-state index contributed by atoms with van der Waals surface area (Å²) in [4.78, 5) is 2.38. The third-order valence-electron chi connectivity index (χ3n) is 3.05. The highest BCUT2D eigenvalue weighted by molar-refractivity contribution is 4.83. The van der Waals surface area contributed by atoms with Crippen LogP contribution in [-0.4, -0.2) is 49.0 Å². The zero-order valence-corrected chi connectivity index (χ0v) is 12.7. The number of hydrogen-bond donors (Lipinski definition) is 0. The van der Waals surface area contributed by atoms with Gasteiger partial charge in [0.2, 0.25) is 0 Å². The fourth-order valence-electron chi connectivity index (χ4n) is 1.94. The van der Waals surface area contributed by atoms with Crippen molar-refractivity contribution in [3.63, 3.8) is 0 Å². The minimum atomic E-state index is -0.235. The van der Waals surface area contributed by atoms with Crippen LogP contribution in [0.5, 0.6) is 0 Å². The van der Waals surface area contributed by atoms with Crippen molar-refractivity contribution in [2.75, 3.05) is 26.2 Å². The fraction of sp³-hybridized carbons (Fsp3) is 1.00. The van der Waals surface area contributed by atoms with Crippen LogP contribution in [0.4, 0.5) is 0 Å².